The summed E-state index contributed by atoms with van der Waals surface area (Å²) in [4.78, 5) is 13.4. The number of ether oxygens (including phenoxy) is 2. The highest BCUT2D eigenvalue weighted by molar-refractivity contribution is 7.91. The Labute approximate surface area is 201 Å². The van der Waals surface area contributed by atoms with Gasteiger partial charge in [-0.05, 0) is 64.3 Å². The maximum Gasteiger partial charge on any atom is 0.330 e. The van der Waals surface area contributed by atoms with Gasteiger partial charge in [0.25, 0.3) is 10.0 Å². The second kappa shape index (κ2) is 10.1. The predicted octanol–water partition coefficient (Wildman–Crippen LogP) is 3.69. The fourth-order valence-electron chi connectivity index (χ4n) is 4.33. The van der Waals surface area contributed by atoms with Crippen molar-refractivity contribution in [3.05, 3.63) is 35.1 Å². The third kappa shape index (κ3) is 6.07. The standard InChI is InChI=1S/C24H36F2N2O5S/c1-22(2,3)33-21(29)24(11-15-32-16-12-24)34(30,31)28-17-18(7-10-23(4,25)26)5-6-20(28)19-8-13-27-14-9-19/h5-6,8,27H,7,9-17H2,1-4H3. The predicted molar refractivity (Wildman–Crippen MR) is 126 cm³/mol. The van der Waals surface area contributed by atoms with Gasteiger partial charge in [-0.15, -0.1) is 0 Å². The maximum atomic E-state index is 14.3. The summed E-state index contributed by atoms with van der Waals surface area (Å²) in [6.45, 7) is 7.40. The average Bonchev–Trinajstić information content (AvgIpc) is 2.77. The minimum absolute atomic E-state index is 0.0271. The normalized spacial score (nSPS) is 21.9. The molecule has 0 bridgehead atoms. The van der Waals surface area contributed by atoms with Crippen LogP contribution in [0.15, 0.2) is 35.1 Å². The van der Waals surface area contributed by atoms with E-state index in [2.05, 4.69) is 5.32 Å². The zero-order valence-corrected chi connectivity index (χ0v) is 21.3. The minimum atomic E-state index is -4.28. The maximum absolute atomic E-state index is 14.3. The minimum Gasteiger partial charge on any atom is -0.459 e. The van der Waals surface area contributed by atoms with E-state index in [1.165, 1.54) is 4.31 Å². The van der Waals surface area contributed by atoms with Crippen LogP contribution in [-0.2, 0) is 24.3 Å². The fourth-order valence-corrected chi connectivity index (χ4v) is 6.46. The molecule has 3 aliphatic rings. The number of carbonyl (C=O) groups is 1. The third-order valence-electron chi connectivity index (χ3n) is 6.23. The van der Waals surface area contributed by atoms with Crippen LogP contribution in [0.3, 0.4) is 0 Å². The first kappa shape index (κ1) is 26.8. The molecule has 0 radical (unpaired) electrons. The molecule has 0 aliphatic carbocycles. The van der Waals surface area contributed by atoms with Crippen molar-refractivity contribution < 1.29 is 31.5 Å². The lowest BCUT2D eigenvalue weighted by atomic mass is 9.98. The highest BCUT2D eigenvalue weighted by Gasteiger charge is 2.57. The Bertz CT molecular complexity index is 968. The average molecular weight is 503 g/mol. The number of nitrogens with one attached hydrogen (secondary N) is 1. The van der Waals surface area contributed by atoms with E-state index in [0.29, 0.717) is 30.8 Å². The molecule has 0 atom stereocenters. The summed E-state index contributed by atoms with van der Waals surface area (Å²) in [5, 5.41) is 3.21. The van der Waals surface area contributed by atoms with Crippen LogP contribution in [0.4, 0.5) is 8.78 Å². The molecule has 7 nitrogen and oxygen atoms in total. The second-order valence-electron chi connectivity index (χ2n) is 10.3. The molecule has 0 spiro atoms. The molecule has 1 fully saturated rings. The van der Waals surface area contributed by atoms with Crippen molar-refractivity contribution in [1.82, 2.24) is 9.62 Å². The van der Waals surface area contributed by atoms with E-state index in [1.54, 1.807) is 32.9 Å². The van der Waals surface area contributed by atoms with Gasteiger partial charge in [-0.3, -0.25) is 9.10 Å². The van der Waals surface area contributed by atoms with Crippen LogP contribution in [0.25, 0.3) is 0 Å². The van der Waals surface area contributed by atoms with Crippen LogP contribution in [0.5, 0.6) is 0 Å². The van der Waals surface area contributed by atoms with E-state index in [9.17, 15) is 22.0 Å². The topological polar surface area (TPSA) is 84.9 Å². The first-order chi connectivity index (χ1) is 15.8. The van der Waals surface area contributed by atoms with E-state index in [1.807, 2.05) is 6.08 Å². The third-order valence-corrected chi connectivity index (χ3v) is 8.69. The van der Waals surface area contributed by atoms with Gasteiger partial charge in [-0.2, -0.15) is 0 Å². The summed E-state index contributed by atoms with van der Waals surface area (Å²) in [5.41, 5.74) is 1.05. The fraction of sp³-hybridized carbons (Fsp3) is 0.708. The highest BCUT2D eigenvalue weighted by Crippen LogP contribution is 2.40. The summed E-state index contributed by atoms with van der Waals surface area (Å²) in [6.07, 6.45) is 5.60. The summed E-state index contributed by atoms with van der Waals surface area (Å²) < 4.78 is 66.1. The van der Waals surface area contributed by atoms with Gasteiger partial charge in [0.05, 0.1) is 12.2 Å². The molecule has 0 aromatic rings. The van der Waals surface area contributed by atoms with Crippen molar-refractivity contribution in [2.45, 2.75) is 76.1 Å². The van der Waals surface area contributed by atoms with Gasteiger partial charge in [0, 0.05) is 39.0 Å². The van der Waals surface area contributed by atoms with Gasteiger partial charge >= 0.3 is 5.97 Å². The first-order valence-electron chi connectivity index (χ1n) is 11.8. The van der Waals surface area contributed by atoms with Crippen molar-refractivity contribution in [1.29, 1.82) is 0 Å². The number of hydrogen-bond donors (Lipinski definition) is 1. The number of carbonyl (C=O) groups excluding carboxylic acids is 1. The molecule has 192 valence electrons. The van der Waals surface area contributed by atoms with Crippen molar-refractivity contribution in [3.63, 3.8) is 0 Å². The largest absolute Gasteiger partial charge is 0.459 e. The van der Waals surface area contributed by atoms with Crippen LogP contribution in [0, 0.1) is 0 Å². The van der Waals surface area contributed by atoms with Gasteiger partial charge in [0.15, 0.2) is 4.75 Å². The van der Waals surface area contributed by atoms with Crippen LogP contribution < -0.4 is 5.32 Å². The van der Waals surface area contributed by atoms with Crippen LogP contribution >= 0.6 is 0 Å². The van der Waals surface area contributed by atoms with Gasteiger partial charge in [0.1, 0.15) is 5.60 Å². The lowest BCUT2D eigenvalue weighted by Crippen LogP contribution is -2.58. The molecule has 10 heteroatoms. The molecule has 0 aromatic heterocycles. The highest BCUT2D eigenvalue weighted by atomic mass is 32.2. The molecule has 3 rings (SSSR count). The van der Waals surface area contributed by atoms with Gasteiger partial charge in [-0.25, -0.2) is 17.2 Å². The quantitative estimate of drug-likeness (QED) is 0.535. The molecular formula is C24H36F2N2O5S. The number of alkyl halides is 2. The number of nitrogens with zero attached hydrogens (tertiary/aromatic N) is 1. The molecule has 34 heavy (non-hydrogen) atoms. The molecule has 0 saturated carbocycles. The number of rotatable bonds is 7. The molecule has 1 saturated heterocycles. The van der Waals surface area contributed by atoms with Crippen molar-refractivity contribution in [2.75, 3.05) is 32.8 Å². The molecular weight excluding hydrogens is 466 g/mol. The van der Waals surface area contributed by atoms with Crippen molar-refractivity contribution >= 4 is 16.0 Å². The van der Waals surface area contributed by atoms with E-state index >= 15 is 0 Å². The Hall–Kier alpha value is -1.78. The molecule has 3 aliphatic heterocycles. The number of hydrogen-bond acceptors (Lipinski definition) is 6. The van der Waals surface area contributed by atoms with E-state index in [4.69, 9.17) is 9.47 Å². The second-order valence-corrected chi connectivity index (χ2v) is 12.4. The van der Waals surface area contributed by atoms with E-state index in [0.717, 1.165) is 12.5 Å². The van der Waals surface area contributed by atoms with Gasteiger partial charge < -0.3 is 14.8 Å². The summed E-state index contributed by atoms with van der Waals surface area (Å²) >= 11 is 0. The van der Waals surface area contributed by atoms with Crippen LogP contribution in [0.2, 0.25) is 0 Å². The Morgan fingerprint density at radius 3 is 2.44 bits per heavy atom. The number of sulfonamides is 1. The molecule has 0 unspecified atom stereocenters. The molecule has 1 N–H and O–H groups in total. The van der Waals surface area contributed by atoms with Crippen molar-refractivity contribution in [2.24, 2.45) is 0 Å². The Morgan fingerprint density at radius 1 is 1.21 bits per heavy atom. The Morgan fingerprint density at radius 2 is 1.88 bits per heavy atom. The monoisotopic (exact) mass is 502 g/mol. The Balaban J connectivity index is 2.03. The Kier molecular flexibility index (Phi) is 7.94. The smallest absolute Gasteiger partial charge is 0.330 e. The van der Waals surface area contributed by atoms with Gasteiger partial charge in [-0.1, -0.05) is 12.2 Å². The van der Waals surface area contributed by atoms with E-state index in [-0.39, 0.29) is 45.4 Å². The number of esters is 1. The van der Waals surface area contributed by atoms with Crippen LogP contribution in [-0.4, -0.2) is 67.8 Å². The summed E-state index contributed by atoms with van der Waals surface area (Å²) in [7, 11) is -4.28. The lowest BCUT2D eigenvalue weighted by molar-refractivity contribution is -0.161. The molecule has 0 amide bonds. The number of halogens is 2. The zero-order valence-electron chi connectivity index (χ0n) is 20.5. The summed E-state index contributed by atoms with van der Waals surface area (Å²) in [6, 6.07) is 0. The SMILES string of the molecule is CC(F)(F)CCC1=CC=C(C2=CCNCC2)N(S(=O)(=O)C2(C(=O)OC(C)(C)C)CCOCC2)C1. The molecule has 0 aromatic carbocycles. The van der Waals surface area contributed by atoms with E-state index < -0.39 is 32.3 Å². The first-order valence-corrected chi connectivity index (χ1v) is 13.2. The summed E-state index contributed by atoms with van der Waals surface area (Å²) in [5.74, 6) is -3.65. The van der Waals surface area contributed by atoms with Gasteiger partial charge in [0.2, 0.25) is 5.92 Å². The van der Waals surface area contributed by atoms with Crippen molar-refractivity contribution in [3.8, 4) is 0 Å². The number of allylic oxidation sites excluding steroid dienone is 3. The zero-order chi connectivity index (χ0) is 25.2. The van der Waals surface area contributed by atoms with Crippen LogP contribution in [0.1, 0.15) is 59.8 Å². The lowest BCUT2D eigenvalue weighted by Gasteiger charge is -2.42. The molecule has 3 heterocycles.